The third-order valence-corrected chi connectivity index (χ3v) is 3.92. The first-order chi connectivity index (χ1) is 7.26. The zero-order valence-electron chi connectivity index (χ0n) is 10.5. The highest BCUT2D eigenvalue weighted by atomic mass is 16.4. The van der Waals surface area contributed by atoms with Gasteiger partial charge in [-0.25, -0.2) is 4.79 Å². The van der Waals surface area contributed by atoms with Crippen molar-refractivity contribution in [3.05, 3.63) is 23.3 Å². The summed E-state index contributed by atoms with van der Waals surface area (Å²) < 4.78 is 0. The van der Waals surface area contributed by atoms with Crippen molar-refractivity contribution in [1.29, 1.82) is 0 Å². The molecule has 0 saturated heterocycles. The highest BCUT2D eigenvalue weighted by Gasteiger charge is 2.50. The van der Waals surface area contributed by atoms with Gasteiger partial charge in [0.15, 0.2) is 0 Å². The summed E-state index contributed by atoms with van der Waals surface area (Å²) in [7, 11) is 0. The average Bonchev–Trinajstić information content (AvgIpc) is 2.35. The molecule has 0 amide bonds. The number of carbonyl (C=O) groups is 1. The summed E-state index contributed by atoms with van der Waals surface area (Å²) in [5, 5.41) is 9.37. The second-order valence-electron chi connectivity index (χ2n) is 6.40. The van der Waals surface area contributed by atoms with Crippen molar-refractivity contribution in [2.75, 3.05) is 0 Å². The lowest BCUT2D eigenvalue weighted by Gasteiger charge is -2.47. The zero-order valence-corrected chi connectivity index (χ0v) is 10.5. The summed E-state index contributed by atoms with van der Waals surface area (Å²) >= 11 is 0. The lowest BCUT2D eigenvalue weighted by atomic mass is 9.56. The van der Waals surface area contributed by atoms with E-state index in [4.69, 9.17) is 0 Å². The van der Waals surface area contributed by atoms with Gasteiger partial charge in [-0.1, -0.05) is 45.4 Å². The Balaban J connectivity index is 2.42. The smallest absolute Gasteiger partial charge is 0.332 e. The molecule has 1 fully saturated rings. The molecule has 2 nitrogen and oxygen atoms in total. The van der Waals surface area contributed by atoms with Gasteiger partial charge in [0.25, 0.3) is 0 Å². The van der Waals surface area contributed by atoms with Gasteiger partial charge >= 0.3 is 5.97 Å². The molecule has 2 aliphatic rings. The molecular weight excluding hydrogens is 200 g/mol. The summed E-state index contributed by atoms with van der Waals surface area (Å²) in [6.07, 6.45) is 6.43. The molecule has 0 aromatic heterocycles. The highest BCUT2D eigenvalue weighted by Crippen LogP contribution is 2.59. The number of allylic oxidation sites excluding steroid dienone is 3. The molecule has 0 aromatic rings. The number of carboxylic acid groups (broad SMARTS) is 1. The van der Waals surface area contributed by atoms with Crippen molar-refractivity contribution < 1.29 is 9.90 Å². The van der Waals surface area contributed by atoms with Crippen LogP contribution in [0.1, 0.15) is 40.5 Å². The summed E-state index contributed by atoms with van der Waals surface area (Å²) in [6.45, 7) is 8.20. The van der Waals surface area contributed by atoms with Gasteiger partial charge in [0.05, 0.1) is 0 Å². The number of rotatable bonds is 1. The number of fused-ring (bicyclic) bond motifs is 1. The standard InChI is InChI=1S/C14H20O2/c1-13(2,3)11(12(15)16)9-8-14(4)7-5-6-10(9)14/h5-6,10H,7-8H2,1-4H3,(H,15,16)/t10-,14+/m0/s1. The van der Waals surface area contributed by atoms with Crippen LogP contribution in [0.2, 0.25) is 0 Å². The van der Waals surface area contributed by atoms with Crippen molar-refractivity contribution in [2.24, 2.45) is 16.7 Å². The second-order valence-corrected chi connectivity index (χ2v) is 6.40. The molecule has 0 heterocycles. The lowest BCUT2D eigenvalue weighted by molar-refractivity contribution is -0.134. The SMILES string of the molecule is CC(C)(C)C(C(=O)O)=C1C[C@@]2(C)CC=C[C@@H]12. The van der Waals surface area contributed by atoms with Crippen LogP contribution < -0.4 is 0 Å². The van der Waals surface area contributed by atoms with Gasteiger partial charge in [0.2, 0.25) is 0 Å². The van der Waals surface area contributed by atoms with Crippen LogP contribution in [0.5, 0.6) is 0 Å². The molecule has 16 heavy (non-hydrogen) atoms. The van der Waals surface area contributed by atoms with Gasteiger partial charge in [0.1, 0.15) is 0 Å². The van der Waals surface area contributed by atoms with E-state index < -0.39 is 5.97 Å². The van der Waals surface area contributed by atoms with Crippen LogP contribution in [-0.2, 0) is 4.79 Å². The van der Waals surface area contributed by atoms with Crippen LogP contribution in [0, 0.1) is 16.7 Å². The van der Waals surface area contributed by atoms with Gasteiger partial charge in [0, 0.05) is 11.5 Å². The second kappa shape index (κ2) is 3.22. The minimum atomic E-state index is -0.746. The fourth-order valence-corrected chi connectivity index (χ4v) is 3.15. The van der Waals surface area contributed by atoms with Crippen molar-refractivity contribution in [2.45, 2.75) is 40.5 Å². The van der Waals surface area contributed by atoms with Gasteiger partial charge in [-0.05, 0) is 23.7 Å². The van der Waals surface area contributed by atoms with Crippen LogP contribution in [-0.4, -0.2) is 11.1 Å². The molecule has 1 saturated carbocycles. The zero-order chi connectivity index (χ0) is 12.1. The lowest BCUT2D eigenvalue weighted by Crippen LogP contribution is -2.39. The van der Waals surface area contributed by atoms with E-state index >= 15 is 0 Å². The molecule has 0 spiro atoms. The molecule has 2 aliphatic carbocycles. The first-order valence-electron chi connectivity index (χ1n) is 5.89. The van der Waals surface area contributed by atoms with E-state index in [2.05, 4.69) is 19.1 Å². The number of carboxylic acids is 1. The summed E-state index contributed by atoms with van der Waals surface area (Å²) in [5.74, 6) is -0.373. The summed E-state index contributed by atoms with van der Waals surface area (Å²) in [6, 6.07) is 0. The molecule has 0 radical (unpaired) electrons. The Morgan fingerprint density at radius 2 is 2.12 bits per heavy atom. The van der Waals surface area contributed by atoms with Crippen molar-refractivity contribution in [1.82, 2.24) is 0 Å². The molecular formula is C14H20O2. The number of hydrogen-bond donors (Lipinski definition) is 1. The van der Waals surface area contributed by atoms with Crippen molar-refractivity contribution >= 4 is 5.97 Å². The molecule has 0 aromatic carbocycles. The Morgan fingerprint density at radius 3 is 2.56 bits per heavy atom. The van der Waals surface area contributed by atoms with Gasteiger partial charge in [-0.15, -0.1) is 0 Å². The maximum atomic E-state index is 11.4. The molecule has 0 aliphatic heterocycles. The Bertz CT molecular complexity index is 395. The van der Waals surface area contributed by atoms with Gasteiger partial charge in [-0.3, -0.25) is 0 Å². The van der Waals surface area contributed by atoms with Crippen LogP contribution in [0.3, 0.4) is 0 Å². The first kappa shape index (κ1) is 11.4. The van der Waals surface area contributed by atoms with Crippen molar-refractivity contribution in [3.8, 4) is 0 Å². The van der Waals surface area contributed by atoms with E-state index in [1.807, 2.05) is 20.8 Å². The third kappa shape index (κ3) is 1.51. The Hall–Kier alpha value is -1.05. The molecule has 0 bridgehead atoms. The predicted octanol–water partition coefficient (Wildman–Crippen LogP) is 3.40. The van der Waals surface area contributed by atoms with Crippen LogP contribution in [0.25, 0.3) is 0 Å². The van der Waals surface area contributed by atoms with Gasteiger partial charge < -0.3 is 5.11 Å². The minimum absolute atomic E-state index is 0.265. The Kier molecular flexibility index (Phi) is 2.30. The molecule has 2 rings (SSSR count). The molecule has 2 heteroatoms. The largest absolute Gasteiger partial charge is 0.478 e. The molecule has 2 atom stereocenters. The fraction of sp³-hybridized carbons (Fsp3) is 0.643. The summed E-state index contributed by atoms with van der Waals surface area (Å²) in [5.41, 5.74) is 1.82. The Morgan fingerprint density at radius 1 is 1.50 bits per heavy atom. The number of hydrogen-bond acceptors (Lipinski definition) is 1. The monoisotopic (exact) mass is 220 g/mol. The van der Waals surface area contributed by atoms with Crippen molar-refractivity contribution in [3.63, 3.8) is 0 Å². The Labute approximate surface area is 97.0 Å². The quantitative estimate of drug-likeness (QED) is 0.543. The maximum absolute atomic E-state index is 11.4. The molecule has 88 valence electrons. The van der Waals surface area contributed by atoms with Crippen LogP contribution in [0.4, 0.5) is 0 Å². The molecule has 0 unspecified atom stereocenters. The van der Waals surface area contributed by atoms with Crippen LogP contribution in [0.15, 0.2) is 23.3 Å². The van der Waals surface area contributed by atoms with E-state index in [-0.39, 0.29) is 5.41 Å². The third-order valence-electron chi connectivity index (χ3n) is 3.92. The predicted molar refractivity (Wildman–Crippen MR) is 64.1 cm³/mol. The molecule has 1 N–H and O–H groups in total. The normalized spacial score (nSPS) is 35.6. The highest BCUT2D eigenvalue weighted by molar-refractivity contribution is 5.89. The average molecular weight is 220 g/mol. The van der Waals surface area contributed by atoms with E-state index in [0.717, 1.165) is 18.4 Å². The number of aliphatic carboxylic acids is 1. The van der Waals surface area contributed by atoms with Crippen LogP contribution >= 0.6 is 0 Å². The maximum Gasteiger partial charge on any atom is 0.332 e. The topological polar surface area (TPSA) is 37.3 Å². The van der Waals surface area contributed by atoms with Gasteiger partial charge in [-0.2, -0.15) is 0 Å². The minimum Gasteiger partial charge on any atom is -0.478 e. The van der Waals surface area contributed by atoms with E-state index in [9.17, 15) is 9.90 Å². The first-order valence-corrected chi connectivity index (χ1v) is 5.89. The fourth-order valence-electron chi connectivity index (χ4n) is 3.15. The van der Waals surface area contributed by atoms with E-state index in [1.54, 1.807) is 0 Å². The van der Waals surface area contributed by atoms with E-state index in [1.165, 1.54) is 0 Å². The van der Waals surface area contributed by atoms with E-state index in [0.29, 0.717) is 16.9 Å². The summed E-state index contributed by atoms with van der Waals surface area (Å²) in [4.78, 5) is 11.4.